The summed E-state index contributed by atoms with van der Waals surface area (Å²) in [5, 5.41) is 2.80. The highest BCUT2D eigenvalue weighted by molar-refractivity contribution is 5.70. The number of carbonyl (C=O) groups excluding carboxylic acids is 2. The lowest BCUT2D eigenvalue weighted by molar-refractivity contribution is 0.102. The number of ether oxygens (including phenoxy) is 2. The molecule has 26 heavy (non-hydrogen) atoms. The Labute approximate surface area is 152 Å². The van der Waals surface area contributed by atoms with Crippen LogP contribution in [0.25, 0.3) is 0 Å². The van der Waals surface area contributed by atoms with E-state index in [4.69, 9.17) is 9.47 Å². The number of alkyl carbamates (subject to hydrolysis) is 1. The van der Waals surface area contributed by atoms with Crippen LogP contribution < -0.4 is 5.32 Å². The van der Waals surface area contributed by atoms with Gasteiger partial charge in [-0.3, -0.25) is 0 Å². The van der Waals surface area contributed by atoms with Crippen LogP contribution >= 0.6 is 0 Å². The number of nitrogens with one attached hydrogen (secondary N) is 1. The van der Waals surface area contributed by atoms with Crippen LogP contribution in [0.2, 0.25) is 0 Å². The molecular formula is C20H22N2O4. The van der Waals surface area contributed by atoms with Crippen LogP contribution in [-0.2, 0) is 22.7 Å². The first-order chi connectivity index (χ1) is 12.7. The minimum Gasteiger partial charge on any atom is -0.445 e. The van der Waals surface area contributed by atoms with Crippen LogP contribution in [0.4, 0.5) is 9.59 Å². The molecule has 1 aliphatic rings. The molecule has 1 atom stereocenters. The molecule has 1 heterocycles. The summed E-state index contributed by atoms with van der Waals surface area (Å²) in [7, 11) is 0. The summed E-state index contributed by atoms with van der Waals surface area (Å²) < 4.78 is 10.5. The second-order valence-corrected chi connectivity index (χ2v) is 6.18. The van der Waals surface area contributed by atoms with E-state index in [9.17, 15) is 9.59 Å². The molecule has 136 valence electrons. The number of carbonyl (C=O) groups is 2. The minimum atomic E-state index is -0.474. The average Bonchev–Trinajstić information content (AvgIpc) is 3.14. The summed E-state index contributed by atoms with van der Waals surface area (Å²) in [6, 6.07) is 18.9. The molecule has 0 aliphatic carbocycles. The summed E-state index contributed by atoms with van der Waals surface area (Å²) in [5.41, 5.74) is 1.87. The first kappa shape index (κ1) is 17.8. The summed E-state index contributed by atoms with van der Waals surface area (Å²) in [4.78, 5) is 25.6. The van der Waals surface area contributed by atoms with Crippen molar-refractivity contribution in [2.45, 2.75) is 25.7 Å². The predicted molar refractivity (Wildman–Crippen MR) is 96.4 cm³/mol. The molecule has 3 rings (SSSR count). The van der Waals surface area contributed by atoms with Gasteiger partial charge in [0.2, 0.25) is 0 Å². The molecule has 1 saturated heterocycles. The van der Waals surface area contributed by atoms with Gasteiger partial charge in [0.25, 0.3) is 0 Å². The fourth-order valence-electron chi connectivity index (χ4n) is 2.79. The zero-order chi connectivity index (χ0) is 18.2. The Morgan fingerprint density at radius 2 is 1.50 bits per heavy atom. The highest BCUT2D eigenvalue weighted by atomic mass is 16.6. The molecule has 2 aromatic rings. The van der Waals surface area contributed by atoms with Crippen LogP contribution in [0.5, 0.6) is 0 Å². The first-order valence-electron chi connectivity index (χ1n) is 8.63. The van der Waals surface area contributed by atoms with E-state index in [1.807, 2.05) is 60.7 Å². The van der Waals surface area contributed by atoms with E-state index < -0.39 is 6.09 Å². The van der Waals surface area contributed by atoms with Gasteiger partial charge >= 0.3 is 12.2 Å². The van der Waals surface area contributed by atoms with Gasteiger partial charge < -0.3 is 19.7 Å². The predicted octanol–water partition coefficient (Wildman–Crippen LogP) is 3.32. The van der Waals surface area contributed by atoms with Crippen molar-refractivity contribution in [3.8, 4) is 0 Å². The Balaban J connectivity index is 1.37. The molecule has 0 aromatic heterocycles. The lowest BCUT2D eigenvalue weighted by Crippen LogP contribution is -2.38. The van der Waals surface area contributed by atoms with Gasteiger partial charge in [0.1, 0.15) is 13.2 Å². The minimum absolute atomic E-state index is 0.123. The maximum atomic E-state index is 12.1. The standard InChI is InChI=1S/C20H22N2O4/c23-19(25-14-16-7-3-1-4-8-16)21-18-11-12-22(13-18)20(24)26-15-17-9-5-2-6-10-17/h1-10,18H,11-15H2,(H,21,23)/t18-/m1/s1. The largest absolute Gasteiger partial charge is 0.445 e. The van der Waals surface area contributed by atoms with Gasteiger partial charge in [-0.2, -0.15) is 0 Å². The van der Waals surface area contributed by atoms with E-state index in [0.717, 1.165) is 11.1 Å². The summed E-state index contributed by atoms with van der Waals surface area (Å²) in [6.45, 7) is 1.45. The number of hydrogen-bond acceptors (Lipinski definition) is 4. The van der Waals surface area contributed by atoms with Gasteiger partial charge in [-0.25, -0.2) is 9.59 Å². The third-order valence-electron chi connectivity index (χ3n) is 4.19. The van der Waals surface area contributed by atoms with Crippen LogP contribution in [0.3, 0.4) is 0 Å². The lowest BCUT2D eigenvalue weighted by Gasteiger charge is -2.17. The van der Waals surface area contributed by atoms with Crippen molar-refractivity contribution in [1.29, 1.82) is 0 Å². The van der Waals surface area contributed by atoms with Crippen LogP contribution in [0, 0.1) is 0 Å². The molecule has 0 bridgehead atoms. The Hall–Kier alpha value is -3.02. The molecule has 2 aromatic carbocycles. The smallest absolute Gasteiger partial charge is 0.410 e. The Morgan fingerprint density at radius 1 is 0.923 bits per heavy atom. The van der Waals surface area contributed by atoms with Gasteiger partial charge in [0.05, 0.1) is 6.04 Å². The van der Waals surface area contributed by atoms with Crippen molar-refractivity contribution in [3.63, 3.8) is 0 Å². The van der Waals surface area contributed by atoms with Crippen molar-refractivity contribution < 1.29 is 19.1 Å². The normalized spacial score (nSPS) is 16.2. The number of nitrogens with zero attached hydrogens (tertiary/aromatic N) is 1. The SMILES string of the molecule is O=C(N[C@@H]1CCN(C(=O)OCc2ccccc2)C1)OCc1ccccc1. The molecule has 1 aliphatic heterocycles. The molecule has 0 saturated carbocycles. The van der Waals surface area contributed by atoms with Gasteiger partial charge in [-0.1, -0.05) is 60.7 Å². The third kappa shape index (κ3) is 5.24. The average molecular weight is 354 g/mol. The molecule has 2 amide bonds. The van der Waals surface area contributed by atoms with Gasteiger partial charge in [0, 0.05) is 13.1 Å². The number of benzene rings is 2. The Kier molecular flexibility index (Phi) is 6.09. The molecule has 1 N–H and O–H groups in total. The van der Waals surface area contributed by atoms with Crippen molar-refractivity contribution in [1.82, 2.24) is 10.2 Å². The van der Waals surface area contributed by atoms with E-state index in [-0.39, 0.29) is 25.3 Å². The van der Waals surface area contributed by atoms with Crippen LogP contribution in [-0.4, -0.2) is 36.2 Å². The maximum Gasteiger partial charge on any atom is 0.410 e. The van der Waals surface area contributed by atoms with E-state index in [0.29, 0.717) is 19.5 Å². The van der Waals surface area contributed by atoms with E-state index in [2.05, 4.69) is 5.32 Å². The van der Waals surface area contributed by atoms with Gasteiger partial charge in [-0.15, -0.1) is 0 Å². The second-order valence-electron chi connectivity index (χ2n) is 6.18. The van der Waals surface area contributed by atoms with Crippen LogP contribution in [0.1, 0.15) is 17.5 Å². The fraction of sp³-hybridized carbons (Fsp3) is 0.300. The molecule has 6 nitrogen and oxygen atoms in total. The highest BCUT2D eigenvalue weighted by Gasteiger charge is 2.28. The van der Waals surface area contributed by atoms with E-state index in [1.165, 1.54) is 0 Å². The Bertz CT molecular complexity index is 721. The zero-order valence-electron chi connectivity index (χ0n) is 14.5. The van der Waals surface area contributed by atoms with Crippen molar-refractivity contribution in [3.05, 3.63) is 71.8 Å². The van der Waals surface area contributed by atoms with Crippen LogP contribution in [0.15, 0.2) is 60.7 Å². The highest BCUT2D eigenvalue weighted by Crippen LogP contribution is 2.12. The zero-order valence-corrected chi connectivity index (χ0v) is 14.5. The van der Waals surface area contributed by atoms with Crippen molar-refractivity contribution in [2.24, 2.45) is 0 Å². The fourth-order valence-corrected chi connectivity index (χ4v) is 2.79. The third-order valence-corrected chi connectivity index (χ3v) is 4.19. The molecule has 1 fully saturated rings. The maximum absolute atomic E-state index is 12.1. The van der Waals surface area contributed by atoms with E-state index >= 15 is 0 Å². The molecule has 0 unspecified atom stereocenters. The summed E-state index contributed by atoms with van der Waals surface area (Å²) >= 11 is 0. The first-order valence-corrected chi connectivity index (χ1v) is 8.63. The monoisotopic (exact) mass is 354 g/mol. The lowest BCUT2D eigenvalue weighted by atomic mass is 10.2. The number of amides is 2. The summed E-state index contributed by atoms with van der Waals surface area (Å²) in [5.74, 6) is 0. The Morgan fingerprint density at radius 3 is 2.12 bits per heavy atom. The molecule has 6 heteroatoms. The van der Waals surface area contributed by atoms with Crippen molar-refractivity contribution >= 4 is 12.2 Å². The second kappa shape index (κ2) is 8.89. The summed E-state index contributed by atoms with van der Waals surface area (Å²) in [6.07, 6.45) is -0.157. The number of likely N-dealkylation sites (tertiary alicyclic amines) is 1. The molecule has 0 radical (unpaired) electrons. The quantitative estimate of drug-likeness (QED) is 0.894. The molecular weight excluding hydrogens is 332 g/mol. The topological polar surface area (TPSA) is 67.9 Å². The number of rotatable bonds is 5. The van der Waals surface area contributed by atoms with E-state index in [1.54, 1.807) is 4.90 Å². The number of hydrogen-bond donors (Lipinski definition) is 1. The van der Waals surface area contributed by atoms with Gasteiger partial charge in [0.15, 0.2) is 0 Å². The van der Waals surface area contributed by atoms with Crippen molar-refractivity contribution in [2.75, 3.05) is 13.1 Å². The molecule has 0 spiro atoms. The van der Waals surface area contributed by atoms with Gasteiger partial charge in [-0.05, 0) is 17.5 Å².